The molecular formula is C49H32N2. The number of hydrogen-bond acceptors (Lipinski definition) is 2. The molecule has 1 aliphatic rings. The van der Waals surface area contributed by atoms with Crippen LogP contribution in [0.3, 0.4) is 0 Å². The Morgan fingerprint density at radius 2 is 1.02 bits per heavy atom. The van der Waals surface area contributed by atoms with Crippen LogP contribution in [0, 0.1) is 0 Å². The molecule has 0 atom stereocenters. The molecular weight excluding hydrogens is 617 g/mol. The number of fused-ring (bicyclic) bond motifs is 6. The number of hydrogen-bond donors (Lipinski definition) is 0. The van der Waals surface area contributed by atoms with Gasteiger partial charge in [-0.1, -0.05) is 141 Å². The summed E-state index contributed by atoms with van der Waals surface area (Å²) < 4.78 is 0. The molecule has 2 heterocycles. The van der Waals surface area contributed by atoms with Crippen molar-refractivity contribution in [1.29, 1.82) is 0 Å². The second kappa shape index (κ2) is 10.3. The fraction of sp³-hybridized carbons (Fsp3) is 0.0612. The zero-order chi connectivity index (χ0) is 33.8. The van der Waals surface area contributed by atoms with Gasteiger partial charge in [0.05, 0.1) is 11.2 Å². The van der Waals surface area contributed by atoms with Crippen LogP contribution < -0.4 is 0 Å². The van der Waals surface area contributed by atoms with Crippen LogP contribution >= 0.6 is 0 Å². The molecule has 0 saturated carbocycles. The van der Waals surface area contributed by atoms with Gasteiger partial charge in [-0.3, -0.25) is 4.98 Å². The zero-order valence-corrected chi connectivity index (χ0v) is 28.4. The van der Waals surface area contributed by atoms with E-state index in [9.17, 15) is 0 Å². The topological polar surface area (TPSA) is 25.8 Å². The molecule has 51 heavy (non-hydrogen) atoms. The standard InChI is InChI=1S/C49H32N2/c1-49(2)41-10-6-5-9-40(41)48-47(49)45(46-37-8-4-3-7-29(37)19-24-42(46)51-48)34-13-11-30(12-14-34)35-20-15-32-18-23-39-36(31-25-27-50-28-26-31)21-16-33-17-22-38(35)43(32)44(33)39/h3-28H,1-2H3. The summed E-state index contributed by atoms with van der Waals surface area (Å²) in [5.74, 6) is 0. The Kier molecular flexibility index (Phi) is 5.76. The van der Waals surface area contributed by atoms with Crippen LogP contribution in [-0.4, -0.2) is 9.97 Å². The molecule has 2 heteroatoms. The summed E-state index contributed by atoms with van der Waals surface area (Å²) in [6.45, 7) is 4.72. The maximum absolute atomic E-state index is 5.39. The monoisotopic (exact) mass is 648 g/mol. The Hall–Kier alpha value is -6.38. The fourth-order valence-corrected chi connectivity index (χ4v) is 9.15. The van der Waals surface area contributed by atoms with Gasteiger partial charge in [0.1, 0.15) is 0 Å². The number of rotatable bonds is 3. The van der Waals surface area contributed by atoms with E-state index >= 15 is 0 Å². The minimum atomic E-state index is -0.195. The van der Waals surface area contributed by atoms with Crippen molar-refractivity contribution in [3.05, 3.63) is 169 Å². The normalized spacial score (nSPS) is 13.5. The Bertz CT molecular complexity index is 3030. The quantitative estimate of drug-likeness (QED) is 0.178. The van der Waals surface area contributed by atoms with E-state index in [1.807, 2.05) is 12.4 Å². The van der Waals surface area contributed by atoms with Crippen LogP contribution in [-0.2, 0) is 5.41 Å². The van der Waals surface area contributed by atoms with Gasteiger partial charge in [-0.25, -0.2) is 4.98 Å². The first-order valence-electron chi connectivity index (χ1n) is 17.7. The van der Waals surface area contributed by atoms with Crippen LogP contribution in [0.1, 0.15) is 25.0 Å². The van der Waals surface area contributed by atoms with E-state index in [0.717, 1.165) is 11.2 Å². The van der Waals surface area contributed by atoms with Crippen LogP contribution in [0.4, 0.5) is 0 Å². The van der Waals surface area contributed by atoms with Crippen LogP contribution in [0.5, 0.6) is 0 Å². The Balaban J connectivity index is 1.14. The van der Waals surface area contributed by atoms with Gasteiger partial charge in [0.15, 0.2) is 0 Å². The third kappa shape index (κ3) is 3.93. The highest BCUT2D eigenvalue weighted by atomic mass is 14.7. The predicted molar refractivity (Wildman–Crippen MR) is 215 cm³/mol. The molecule has 0 spiro atoms. The first-order valence-corrected chi connectivity index (χ1v) is 17.7. The molecule has 2 aromatic heterocycles. The summed E-state index contributed by atoms with van der Waals surface area (Å²) >= 11 is 0. The van der Waals surface area contributed by atoms with Gasteiger partial charge in [0.25, 0.3) is 0 Å². The fourth-order valence-electron chi connectivity index (χ4n) is 9.15. The molecule has 0 aliphatic heterocycles. The Labute approximate surface area is 296 Å². The van der Waals surface area contributed by atoms with E-state index in [1.165, 1.54) is 98.5 Å². The van der Waals surface area contributed by atoms with Gasteiger partial charge in [0, 0.05) is 28.8 Å². The van der Waals surface area contributed by atoms with Crippen molar-refractivity contribution in [3.8, 4) is 44.6 Å². The number of benzene rings is 8. The largest absolute Gasteiger partial charge is 0.265 e. The van der Waals surface area contributed by atoms with E-state index < -0.39 is 0 Å². The molecule has 0 unspecified atom stereocenters. The molecule has 11 rings (SSSR count). The number of aromatic nitrogens is 2. The molecule has 0 amide bonds. The van der Waals surface area contributed by atoms with Crippen molar-refractivity contribution in [1.82, 2.24) is 9.97 Å². The highest BCUT2D eigenvalue weighted by Gasteiger charge is 2.39. The van der Waals surface area contributed by atoms with Crippen molar-refractivity contribution in [3.63, 3.8) is 0 Å². The van der Waals surface area contributed by atoms with E-state index in [0.29, 0.717) is 0 Å². The third-order valence-corrected chi connectivity index (χ3v) is 11.5. The second-order valence-corrected chi connectivity index (χ2v) is 14.5. The molecule has 0 radical (unpaired) electrons. The van der Waals surface area contributed by atoms with Crippen LogP contribution in [0.15, 0.2) is 158 Å². The summed E-state index contributed by atoms with van der Waals surface area (Å²) in [6.07, 6.45) is 3.75. The lowest BCUT2D eigenvalue weighted by atomic mass is 9.78. The smallest absolute Gasteiger partial charge is 0.0759 e. The molecule has 10 aromatic rings. The van der Waals surface area contributed by atoms with Gasteiger partial charge in [-0.05, 0) is 106 Å². The van der Waals surface area contributed by atoms with Crippen molar-refractivity contribution in [2.75, 3.05) is 0 Å². The van der Waals surface area contributed by atoms with Gasteiger partial charge in [-0.2, -0.15) is 0 Å². The molecule has 0 saturated heterocycles. The van der Waals surface area contributed by atoms with Crippen LogP contribution in [0.25, 0.3) is 98.6 Å². The third-order valence-electron chi connectivity index (χ3n) is 11.5. The summed E-state index contributed by atoms with van der Waals surface area (Å²) in [6, 6.07) is 53.8. The SMILES string of the molecule is CC1(C)c2ccccc2-c2nc3ccc4ccccc4c3c(-c3ccc(-c4ccc5ccc6c(-c7ccncc7)ccc7ccc4c5c76)cc3)c21. The Morgan fingerprint density at radius 1 is 0.431 bits per heavy atom. The number of nitrogens with zero attached hydrogens (tertiary/aromatic N) is 2. The van der Waals surface area contributed by atoms with Gasteiger partial charge < -0.3 is 0 Å². The van der Waals surface area contributed by atoms with Crippen molar-refractivity contribution >= 4 is 54.0 Å². The highest BCUT2D eigenvalue weighted by molar-refractivity contribution is 6.27. The average Bonchev–Trinajstić information content (AvgIpc) is 3.42. The van der Waals surface area contributed by atoms with E-state index in [2.05, 4.69) is 164 Å². The molecule has 0 bridgehead atoms. The van der Waals surface area contributed by atoms with Crippen molar-refractivity contribution in [2.24, 2.45) is 0 Å². The first-order chi connectivity index (χ1) is 25.1. The van der Waals surface area contributed by atoms with Gasteiger partial charge in [-0.15, -0.1) is 0 Å². The van der Waals surface area contributed by atoms with Gasteiger partial charge >= 0.3 is 0 Å². The molecule has 8 aromatic carbocycles. The molecule has 0 fully saturated rings. The van der Waals surface area contributed by atoms with E-state index in [4.69, 9.17) is 4.98 Å². The molecule has 1 aliphatic carbocycles. The highest BCUT2D eigenvalue weighted by Crippen LogP contribution is 2.54. The lowest BCUT2D eigenvalue weighted by Crippen LogP contribution is -2.16. The summed E-state index contributed by atoms with van der Waals surface area (Å²) in [5, 5.41) is 11.4. The van der Waals surface area contributed by atoms with E-state index in [1.54, 1.807) is 0 Å². The zero-order valence-electron chi connectivity index (χ0n) is 28.4. The van der Waals surface area contributed by atoms with Crippen molar-refractivity contribution < 1.29 is 0 Å². The summed E-state index contributed by atoms with van der Waals surface area (Å²) in [4.78, 5) is 9.65. The minimum Gasteiger partial charge on any atom is -0.265 e. The maximum Gasteiger partial charge on any atom is 0.0759 e. The maximum atomic E-state index is 5.39. The Morgan fingerprint density at radius 3 is 1.75 bits per heavy atom. The predicted octanol–water partition coefficient (Wildman–Crippen LogP) is 13.0. The molecule has 2 nitrogen and oxygen atoms in total. The minimum absolute atomic E-state index is 0.195. The summed E-state index contributed by atoms with van der Waals surface area (Å²) in [7, 11) is 0. The molecule has 238 valence electrons. The average molecular weight is 649 g/mol. The first kappa shape index (κ1) is 28.5. The van der Waals surface area contributed by atoms with Gasteiger partial charge in [0.2, 0.25) is 0 Å². The lowest BCUT2D eigenvalue weighted by Gasteiger charge is -2.26. The van der Waals surface area contributed by atoms with E-state index in [-0.39, 0.29) is 5.41 Å². The summed E-state index contributed by atoms with van der Waals surface area (Å²) in [5.41, 5.74) is 13.3. The lowest BCUT2D eigenvalue weighted by molar-refractivity contribution is 0.662. The number of pyridine rings is 2. The second-order valence-electron chi connectivity index (χ2n) is 14.5. The molecule has 0 N–H and O–H groups in total. The van der Waals surface area contributed by atoms with Crippen LogP contribution in [0.2, 0.25) is 0 Å². The van der Waals surface area contributed by atoms with Crippen molar-refractivity contribution in [2.45, 2.75) is 19.3 Å².